The van der Waals surface area contributed by atoms with Gasteiger partial charge in [-0.1, -0.05) is 23.7 Å². The van der Waals surface area contributed by atoms with Crippen molar-refractivity contribution in [3.8, 4) is 17.2 Å². The molecule has 272 valence electrons. The van der Waals surface area contributed by atoms with Crippen LogP contribution in [0.2, 0.25) is 5.02 Å². The third kappa shape index (κ3) is 8.98. The maximum atomic E-state index is 15.8. The fourth-order valence-corrected chi connectivity index (χ4v) is 7.34. The summed E-state index contributed by atoms with van der Waals surface area (Å²) in [6.07, 6.45) is 2.72. The Balaban J connectivity index is 1.42. The van der Waals surface area contributed by atoms with E-state index < -0.39 is 44.0 Å². The number of amides is 1. The van der Waals surface area contributed by atoms with Crippen molar-refractivity contribution in [1.82, 2.24) is 14.9 Å². The topological polar surface area (TPSA) is 120 Å². The summed E-state index contributed by atoms with van der Waals surface area (Å²) in [6.45, 7) is 5.47. The molecule has 0 saturated carbocycles. The molecule has 0 N–H and O–H groups in total. The number of hydrogen-bond donors (Lipinski definition) is 0. The Labute approximate surface area is 301 Å². The Morgan fingerprint density at radius 1 is 0.980 bits per heavy atom. The number of carbonyl (C=O) groups is 1. The zero-order valence-electron chi connectivity index (χ0n) is 28.8. The summed E-state index contributed by atoms with van der Waals surface area (Å²) < 4.78 is 82.5. The fourth-order valence-electron chi connectivity index (χ4n) is 5.80. The molecule has 2 heterocycles. The molecule has 0 spiro atoms. The summed E-state index contributed by atoms with van der Waals surface area (Å²) in [5.41, 5.74) is 0.627. The van der Waals surface area contributed by atoms with Crippen LogP contribution in [0.25, 0.3) is 0 Å². The molecule has 4 aromatic rings. The van der Waals surface area contributed by atoms with Crippen LogP contribution in [0, 0.1) is 17.6 Å². The average Bonchev–Trinajstić information content (AvgIpc) is 3.10. The van der Waals surface area contributed by atoms with Gasteiger partial charge in [-0.3, -0.25) is 0 Å². The molecule has 1 aliphatic rings. The highest BCUT2D eigenvalue weighted by atomic mass is 35.5. The molecular weight excluding hydrogens is 706 g/mol. The van der Waals surface area contributed by atoms with Crippen LogP contribution in [-0.2, 0) is 21.3 Å². The van der Waals surface area contributed by atoms with Crippen LogP contribution in [0.15, 0.2) is 78.0 Å². The van der Waals surface area contributed by atoms with Crippen molar-refractivity contribution in [2.75, 3.05) is 38.2 Å². The van der Waals surface area contributed by atoms with Crippen LogP contribution >= 0.6 is 11.6 Å². The highest BCUT2D eigenvalue weighted by Gasteiger charge is 2.36. The lowest BCUT2D eigenvalue weighted by Crippen LogP contribution is -2.46. The first-order valence-electron chi connectivity index (χ1n) is 16.1. The molecular formula is C36H39ClF2N4O7S. The molecule has 1 amide bonds. The Morgan fingerprint density at radius 2 is 1.69 bits per heavy atom. The maximum Gasteiger partial charge on any atom is 0.410 e. The molecule has 1 saturated heterocycles. The minimum Gasteiger partial charge on any atom is -0.497 e. The Kier molecular flexibility index (Phi) is 11.6. The Hall–Kier alpha value is -4.69. The number of sulfonamides is 1. The van der Waals surface area contributed by atoms with E-state index in [0.717, 1.165) is 9.87 Å². The van der Waals surface area contributed by atoms with Gasteiger partial charge in [-0.25, -0.2) is 36.3 Å². The smallest absolute Gasteiger partial charge is 0.410 e. The minimum atomic E-state index is -4.80. The molecule has 3 aromatic carbocycles. The van der Waals surface area contributed by atoms with Gasteiger partial charge >= 0.3 is 6.09 Å². The van der Waals surface area contributed by atoms with Gasteiger partial charge < -0.3 is 23.8 Å². The van der Waals surface area contributed by atoms with Crippen molar-refractivity contribution in [2.45, 2.75) is 50.2 Å². The number of benzene rings is 3. The standard InChI is InChI=1S/C36H39ClF2N4O7S/c1-36(2,3)50-35(44)42-16-13-28(23-7-10-26(37)11-8-23)25(20-42)22-49-32-18-30(39)33(19-29(32)38)51(45,46)43(34-40-14-6-15-41-34)21-24-9-12-27(47-4)17-31(24)48-5/h6-12,14-15,17-19,25,28H,13,16,20-22H2,1-5H3/t25-,28-/m0/s1. The van der Waals surface area contributed by atoms with Gasteiger partial charge in [-0.05, 0) is 69.0 Å². The van der Waals surface area contributed by atoms with Crippen LogP contribution in [0.4, 0.5) is 19.5 Å². The summed E-state index contributed by atoms with van der Waals surface area (Å²) in [4.78, 5) is 21.7. The van der Waals surface area contributed by atoms with Crippen molar-refractivity contribution < 1.29 is 40.9 Å². The predicted molar refractivity (Wildman–Crippen MR) is 187 cm³/mol. The predicted octanol–water partition coefficient (Wildman–Crippen LogP) is 7.24. The number of halogens is 3. The monoisotopic (exact) mass is 744 g/mol. The van der Waals surface area contributed by atoms with Crippen molar-refractivity contribution in [3.63, 3.8) is 0 Å². The molecule has 2 atom stereocenters. The first-order valence-corrected chi connectivity index (χ1v) is 17.9. The van der Waals surface area contributed by atoms with E-state index in [0.29, 0.717) is 47.2 Å². The van der Waals surface area contributed by atoms with Gasteiger partial charge in [-0.15, -0.1) is 0 Å². The highest BCUT2D eigenvalue weighted by Crippen LogP contribution is 2.36. The van der Waals surface area contributed by atoms with Crippen molar-refractivity contribution in [3.05, 3.63) is 101 Å². The van der Waals surface area contributed by atoms with Gasteiger partial charge in [0.15, 0.2) is 11.6 Å². The summed E-state index contributed by atoms with van der Waals surface area (Å²) in [7, 11) is -1.92. The fraction of sp³-hybridized carbons (Fsp3) is 0.361. The number of piperidine rings is 1. The number of anilines is 1. The molecule has 0 bridgehead atoms. The Bertz CT molecular complexity index is 1950. The summed E-state index contributed by atoms with van der Waals surface area (Å²) in [6, 6.07) is 14.8. The summed E-state index contributed by atoms with van der Waals surface area (Å²) in [5.74, 6) is -2.81. The van der Waals surface area contributed by atoms with Crippen molar-refractivity contribution in [2.24, 2.45) is 5.92 Å². The number of carbonyl (C=O) groups excluding carboxylic acids is 1. The second-order valence-electron chi connectivity index (χ2n) is 12.9. The summed E-state index contributed by atoms with van der Waals surface area (Å²) in [5, 5.41) is 0.561. The van der Waals surface area contributed by atoms with Crippen LogP contribution in [0.1, 0.15) is 44.2 Å². The largest absolute Gasteiger partial charge is 0.497 e. The quantitative estimate of drug-likeness (QED) is 0.157. The SMILES string of the molecule is COc1ccc(CN(c2ncccn2)S(=O)(=O)c2cc(F)c(OC[C@@H]3CN(C(=O)OC(C)(C)C)CC[C@H]3c3ccc(Cl)cc3)cc2F)c(OC)c1. The van der Waals surface area contributed by atoms with Gasteiger partial charge in [0, 0.05) is 60.2 Å². The zero-order valence-corrected chi connectivity index (χ0v) is 30.4. The second-order valence-corrected chi connectivity index (χ2v) is 15.2. The lowest BCUT2D eigenvalue weighted by molar-refractivity contribution is 0.0110. The number of aromatic nitrogens is 2. The van der Waals surface area contributed by atoms with E-state index in [2.05, 4.69) is 9.97 Å². The lowest BCUT2D eigenvalue weighted by atomic mass is 9.81. The van der Waals surface area contributed by atoms with E-state index in [1.807, 2.05) is 12.1 Å². The number of likely N-dealkylation sites (tertiary alicyclic amines) is 1. The van der Waals surface area contributed by atoms with Gasteiger partial charge in [0.2, 0.25) is 5.95 Å². The van der Waals surface area contributed by atoms with E-state index in [1.165, 1.54) is 32.7 Å². The Morgan fingerprint density at radius 3 is 2.33 bits per heavy atom. The van der Waals surface area contributed by atoms with Crippen LogP contribution in [-0.4, -0.2) is 68.9 Å². The number of hydrogen-bond acceptors (Lipinski definition) is 9. The van der Waals surface area contributed by atoms with E-state index in [4.69, 9.17) is 30.5 Å². The zero-order chi connectivity index (χ0) is 36.9. The number of ether oxygens (including phenoxy) is 4. The summed E-state index contributed by atoms with van der Waals surface area (Å²) >= 11 is 6.12. The lowest BCUT2D eigenvalue weighted by Gasteiger charge is -2.39. The molecule has 1 aliphatic heterocycles. The van der Waals surface area contributed by atoms with Crippen LogP contribution in [0.5, 0.6) is 17.2 Å². The molecule has 0 radical (unpaired) electrons. The maximum absolute atomic E-state index is 15.8. The van der Waals surface area contributed by atoms with E-state index in [9.17, 15) is 13.2 Å². The number of rotatable bonds is 11. The van der Waals surface area contributed by atoms with Gasteiger partial charge in [0.25, 0.3) is 10.0 Å². The molecule has 1 aromatic heterocycles. The van der Waals surface area contributed by atoms with E-state index >= 15 is 8.78 Å². The minimum absolute atomic E-state index is 0.108. The third-order valence-corrected chi connectivity index (χ3v) is 10.3. The average molecular weight is 745 g/mol. The van der Waals surface area contributed by atoms with Gasteiger partial charge in [0.05, 0.1) is 27.4 Å². The molecule has 0 aliphatic carbocycles. The first-order chi connectivity index (χ1) is 24.2. The molecule has 1 fully saturated rings. The highest BCUT2D eigenvalue weighted by molar-refractivity contribution is 7.92. The van der Waals surface area contributed by atoms with Gasteiger partial charge in [-0.2, -0.15) is 0 Å². The van der Waals surface area contributed by atoms with Crippen LogP contribution in [0.3, 0.4) is 0 Å². The van der Waals surface area contributed by atoms with E-state index in [1.54, 1.807) is 56.0 Å². The third-order valence-electron chi connectivity index (χ3n) is 8.27. The first kappa shape index (κ1) is 37.6. The molecule has 0 unspecified atom stereocenters. The second kappa shape index (κ2) is 15.7. The van der Waals surface area contributed by atoms with Crippen molar-refractivity contribution in [1.29, 1.82) is 0 Å². The number of nitrogens with zero attached hydrogens (tertiary/aromatic N) is 4. The molecule has 11 nitrogen and oxygen atoms in total. The van der Waals surface area contributed by atoms with Crippen molar-refractivity contribution >= 4 is 33.7 Å². The van der Waals surface area contributed by atoms with Crippen LogP contribution < -0.4 is 18.5 Å². The normalized spacial score (nSPS) is 16.4. The van der Waals surface area contributed by atoms with Gasteiger partial charge in [0.1, 0.15) is 27.8 Å². The molecule has 15 heteroatoms. The molecule has 5 rings (SSSR count). The number of methoxy groups -OCH3 is 2. The van der Waals surface area contributed by atoms with E-state index in [-0.39, 0.29) is 37.5 Å². The molecule has 51 heavy (non-hydrogen) atoms.